The normalized spacial score (nSPS) is 25.8. The van der Waals surface area contributed by atoms with E-state index in [0.29, 0.717) is 59.1 Å². The molecule has 1 aliphatic heterocycles. The molecule has 0 aromatic rings. The third-order valence-electron chi connectivity index (χ3n) is 2.29. The molecular formula is C11H24O5Si. The van der Waals surface area contributed by atoms with Crippen LogP contribution in [0, 0.1) is 0 Å². The first-order valence-corrected chi connectivity index (χ1v) is 9.27. The molecule has 1 heterocycles. The third-order valence-corrected chi connectivity index (χ3v) is 4.17. The van der Waals surface area contributed by atoms with E-state index in [-0.39, 0.29) is 0 Å². The van der Waals surface area contributed by atoms with Crippen LogP contribution in [-0.2, 0) is 23.4 Å². The van der Waals surface area contributed by atoms with Crippen LogP contribution >= 0.6 is 0 Å². The van der Waals surface area contributed by atoms with Gasteiger partial charge in [0.1, 0.15) is 0 Å². The zero-order chi connectivity index (χ0) is 12.4. The Labute approximate surface area is 104 Å². The van der Waals surface area contributed by atoms with Crippen molar-refractivity contribution in [3.8, 4) is 0 Å². The Hall–Kier alpha value is 0.0169. The molecule has 1 rings (SSSR count). The minimum atomic E-state index is -1.70. The van der Waals surface area contributed by atoms with Crippen molar-refractivity contribution in [2.75, 3.05) is 59.1 Å². The van der Waals surface area contributed by atoms with Gasteiger partial charge in [-0.1, -0.05) is 0 Å². The summed E-state index contributed by atoms with van der Waals surface area (Å²) in [6.45, 7) is 9.24. The van der Waals surface area contributed by atoms with Gasteiger partial charge in [-0.3, -0.25) is 0 Å². The smallest absolute Gasteiger partial charge is 0.212 e. The summed E-state index contributed by atoms with van der Waals surface area (Å²) in [6.07, 6.45) is 0.701. The Morgan fingerprint density at radius 3 is 1.53 bits per heavy atom. The summed E-state index contributed by atoms with van der Waals surface area (Å²) < 4.78 is 27.5. The number of rotatable bonds is 0. The van der Waals surface area contributed by atoms with E-state index >= 15 is 0 Å². The zero-order valence-electron chi connectivity index (χ0n) is 10.9. The van der Waals surface area contributed by atoms with Gasteiger partial charge in [-0.2, -0.15) is 0 Å². The van der Waals surface area contributed by atoms with E-state index in [0.717, 1.165) is 0 Å². The molecule has 5 nitrogen and oxygen atoms in total. The van der Waals surface area contributed by atoms with Crippen LogP contribution in [0.3, 0.4) is 0 Å². The van der Waals surface area contributed by atoms with Gasteiger partial charge in [0.05, 0.1) is 59.1 Å². The highest BCUT2D eigenvalue weighted by atomic mass is 28.4. The van der Waals surface area contributed by atoms with Crippen LogP contribution in [0.4, 0.5) is 0 Å². The average molecular weight is 264 g/mol. The topological polar surface area (TPSA) is 46.2 Å². The molecule has 0 aliphatic carbocycles. The van der Waals surface area contributed by atoms with Gasteiger partial charge >= 0.3 is 0 Å². The molecule has 6 heteroatoms. The van der Waals surface area contributed by atoms with Gasteiger partial charge in [0, 0.05) is 0 Å². The quantitative estimate of drug-likeness (QED) is 0.606. The Balaban J connectivity index is 2.22. The molecule has 0 amide bonds. The van der Waals surface area contributed by atoms with Crippen LogP contribution in [0.2, 0.25) is 13.1 Å². The molecule has 0 saturated carbocycles. The molecule has 0 bridgehead atoms. The summed E-state index contributed by atoms with van der Waals surface area (Å²) in [5.41, 5.74) is 0. The van der Waals surface area contributed by atoms with Gasteiger partial charge < -0.3 is 23.4 Å². The van der Waals surface area contributed by atoms with Crippen molar-refractivity contribution in [3.05, 3.63) is 0 Å². The van der Waals surface area contributed by atoms with Crippen molar-refractivity contribution in [2.24, 2.45) is 0 Å². The van der Waals surface area contributed by atoms with Gasteiger partial charge in [-0.05, 0) is 13.1 Å². The first-order valence-electron chi connectivity index (χ1n) is 6.16. The Morgan fingerprint density at radius 1 is 0.588 bits per heavy atom. The highest BCUT2D eigenvalue weighted by Gasteiger charge is 2.22. The van der Waals surface area contributed by atoms with E-state index in [1.807, 2.05) is 0 Å². The maximum Gasteiger partial charge on any atom is 0.212 e. The summed E-state index contributed by atoms with van der Waals surface area (Å²) in [5.74, 6) is 0. The predicted molar refractivity (Wildman–Crippen MR) is 66.7 cm³/mol. The maximum absolute atomic E-state index is 5.81. The summed E-state index contributed by atoms with van der Waals surface area (Å²) in [4.78, 5) is 0. The summed E-state index contributed by atoms with van der Waals surface area (Å²) >= 11 is 0. The van der Waals surface area contributed by atoms with Crippen LogP contribution < -0.4 is 0 Å². The SMILES string of the molecule is C[Si]1(C)COCCOCCOCCOCCO1. The number of ether oxygens (including phenoxy) is 4. The first kappa shape index (κ1) is 15.1. The molecule has 0 unspecified atom stereocenters. The fourth-order valence-corrected chi connectivity index (χ4v) is 2.75. The second kappa shape index (κ2) is 9.01. The molecule has 0 radical (unpaired) electrons. The van der Waals surface area contributed by atoms with E-state index < -0.39 is 8.32 Å². The fourth-order valence-electron chi connectivity index (χ4n) is 1.40. The second-order valence-electron chi connectivity index (χ2n) is 4.50. The standard InChI is InChI=1S/C11H24O5Si/c1-17(2)11-15-8-7-13-4-3-12-5-6-14-9-10-16-17/h3-11H2,1-2H3. The molecule has 0 aromatic carbocycles. The van der Waals surface area contributed by atoms with Crippen molar-refractivity contribution in [3.63, 3.8) is 0 Å². The lowest BCUT2D eigenvalue weighted by molar-refractivity contribution is 0.00206. The molecule has 0 spiro atoms. The lowest BCUT2D eigenvalue weighted by Gasteiger charge is -2.22. The van der Waals surface area contributed by atoms with Crippen LogP contribution in [0.5, 0.6) is 0 Å². The van der Waals surface area contributed by atoms with Gasteiger partial charge in [0.15, 0.2) is 0 Å². The molecule has 102 valence electrons. The lowest BCUT2D eigenvalue weighted by atomic mass is 10.7. The van der Waals surface area contributed by atoms with Crippen molar-refractivity contribution in [1.29, 1.82) is 0 Å². The second-order valence-corrected chi connectivity index (χ2v) is 8.59. The highest BCUT2D eigenvalue weighted by Crippen LogP contribution is 2.04. The lowest BCUT2D eigenvalue weighted by Crippen LogP contribution is -2.38. The van der Waals surface area contributed by atoms with Gasteiger partial charge in [-0.15, -0.1) is 0 Å². The minimum Gasteiger partial charge on any atom is -0.413 e. The molecule has 0 aromatic heterocycles. The Kier molecular flexibility index (Phi) is 7.99. The summed E-state index contributed by atoms with van der Waals surface area (Å²) in [5, 5.41) is 0. The zero-order valence-corrected chi connectivity index (χ0v) is 11.9. The fraction of sp³-hybridized carbons (Fsp3) is 1.00. The Bertz CT molecular complexity index is 171. The van der Waals surface area contributed by atoms with E-state index in [1.54, 1.807) is 0 Å². The molecule has 1 saturated heterocycles. The monoisotopic (exact) mass is 264 g/mol. The largest absolute Gasteiger partial charge is 0.413 e. The van der Waals surface area contributed by atoms with Crippen molar-refractivity contribution < 1.29 is 23.4 Å². The minimum absolute atomic E-state index is 0.611. The van der Waals surface area contributed by atoms with Gasteiger partial charge in [0.2, 0.25) is 8.32 Å². The van der Waals surface area contributed by atoms with E-state index in [9.17, 15) is 0 Å². The van der Waals surface area contributed by atoms with E-state index in [4.69, 9.17) is 23.4 Å². The van der Waals surface area contributed by atoms with Crippen molar-refractivity contribution in [2.45, 2.75) is 13.1 Å². The number of hydrogen-bond donors (Lipinski definition) is 0. The van der Waals surface area contributed by atoms with E-state index in [1.165, 1.54) is 0 Å². The molecule has 17 heavy (non-hydrogen) atoms. The average Bonchev–Trinajstić information content (AvgIpc) is 2.29. The molecule has 1 aliphatic rings. The van der Waals surface area contributed by atoms with Crippen molar-refractivity contribution in [1.82, 2.24) is 0 Å². The first-order chi connectivity index (χ1) is 8.21. The van der Waals surface area contributed by atoms with Gasteiger partial charge in [-0.25, -0.2) is 0 Å². The van der Waals surface area contributed by atoms with Crippen molar-refractivity contribution >= 4 is 8.32 Å². The van der Waals surface area contributed by atoms with Crippen LogP contribution in [0.25, 0.3) is 0 Å². The predicted octanol–water partition coefficient (Wildman–Crippen LogP) is 0.827. The van der Waals surface area contributed by atoms with Gasteiger partial charge in [0.25, 0.3) is 0 Å². The van der Waals surface area contributed by atoms with E-state index in [2.05, 4.69) is 13.1 Å². The Morgan fingerprint density at radius 2 is 1.00 bits per heavy atom. The number of hydrogen-bond acceptors (Lipinski definition) is 5. The van der Waals surface area contributed by atoms with Crippen LogP contribution in [-0.4, -0.2) is 67.4 Å². The molecular weight excluding hydrogens is 240 g/mol. The summed E-state index contributed by atoms with van der Waals surface area (Å²) in [7, 11) is -1.70. The van der Waals surface area contributed by atoms with Crippen LogP contribution in [0.15, 0.2) is 0 Å². The third kappa shape index (κ3) is 8.70. The summed E-state index contributed by atoms with van der Waals surface area (Å²) in [6, 6.07) is 0. The molecule has 0 atom stereocenters. The molecule has 0 N–H and O–H groups in total. The maximum atomic E-state index is 5.81. The van der Waals surface area contributed by atoms with Crippen LogP contribution in [0.1, 0.15) is 0 Å². The molecule has 1 fully saturated rings. The highest BCUT2D eigenvalue weighted by molar-refractivity contribution is 6.71.